The molecule has 0 aliphatic carbocycles. The number of fused-ring (bicyclic) bond motifs is 7. The molecule has 0 spiro atoms. The number of rotatable bonds is 6. The van der Waals surface area contributed by atoms with Gasteiger partial charge in [-0.05, 0) is 112 Å². The Hall–Kier alpha value is -8.01. The molecule has 0 bridgehead atoms. The number of phenols is 2. The molecule has 7 aromatic heterocycles. The zero-order valence-electron chi connectivity index (χ0n) is 35.5. The summed E-state index contributed by atoms with van der Waals surface area (Å²) in [6.45, 7) is 0. The second-order valence-corrected chi connectivity index (χ2v) is 20.7. The molecule has 1 unspecified atom stereocenters. The van der Waals surface area contributed by atoms with E-state index in [9.17, 15) is 15.0 Å². The third kappa shape index (κ3) is 6.10. The SMILES string of the molecule is O=C1Sc2n[c]c(C3=CC4=CNSN4C=C3)c(-c3ccc4scnc4c3)c2N(c2nc3c(O)cccc3cc2-c2cc3cccc(O)c3c(=O)[nH]2)C1(c1ccc2snnc2c1)c1cnc2scnc2c1. The molecule has 14 rings (SSSR count). The van der Waals surface area contributed by atoms with E-state index in [0.29, 0.717) is 70.9 Å². The first-order valence-corrected chi connectivity index (χ1v) is 25.5. The van der Waals surface area contributed by atoms with Crippen LogP contribution in [0, 0.1) is 6.20 Å². The highest BCUT2D eigenvalue weighted by Crippen LogP contribution is 2.59. The maximum Gasteiger partial charge on any atom is 0.260 e. The molecule has 1 radical (unpaired) electrons. The molecule has 4 N–H and O–H groups in total. The Morgan fingerprint density at radius 1 is 0.800 bits per heavy atom. The summed E-state index contributed by atoms with van der Waals surface area (Å²) in [6.07, 6.45) is 13.0. The molecule has 10 heterocycles. The number of aromatic nitrogens is 8. The van der Waals surface area contributed by atoms with Crippen molar-refractivity contribution in [2.75, 3.05) is 4.90 Å². The van der Waals surface area contributed by atoms with Crippen molar-refractivity contribution in [2.45, 2.75) is 10.6 Å². The van der Waals surface area contributed by atoms with Gasteiger partial charge in [-0.25, -0.2) is 24.9 Å². The molecule has 11 aromatic rings. The van der Waals surface area contributed by atoms with E-state index in [2.05, 4.69) is 25.5 Å². The highest BCUT2D eigenvalue weighted by atomic mass is 32.2. The molecular formula is C50H26N11O4S5. The number of anilines is 2. The molecule has 70 heavy (non-hydrogen) atoms. The topological polar surface area (TPSA) is 199 Å². The summed E-state index contributed by atoms with van der Waals surface area (Å²) in [5.74, 6) is -0.120. The minimum atomic E-state index is -1.88. The predicted octanol–water partition coefficient (Wildman–Crippen LogP) is 10.6. The third-order valence-corrected chi connectivity index (χ3v) is 16.6. The van der Waals surface area contributed by atoms with Crippen molar-refractivity contribution < 1.29 is 15.0 Å². The number of phenolic OH excluding ortho intramolecular Hbond substituents is 2. The number of H-pyrrole nitrogens is 1. The summed E-state index contributed by atoms with van der Waals surface area (Å²) in [4.78, 5) is 61.0. The van der Waals surface area contributed by atoms with Gasteiger partial charge in [0.1, 0.15) is 43.7 Å². The van der Waals surface area contributed by atoms with E-state index in [0.717, 1.165) is 43.5 Å². The first kappa shape index (κ1) is 41.0. The standard InChI is InChI=1S/C50H26N11O4S5/c62-37-5-1-3-25-15-33(56-46(64)42(25)37)31-14-27-4-2-6-38(63)43(27)57-45(31)61-44-41(26-7-9-39-34(16-26)53-22-66-39)32(24-11-12-60-30(13-24)20-55-70-60)21-52-48(44)68-49(65)50(61,28-8-10-40-35(17-28)58-59-69-40)29-18-36-47(51-19-29)67-23-54-36/h1-20,22-23,55,62-63H,(H,56,64). The fourth-order valence-electron chi connectivity index (χ4n) is 9.51. The van der Waals surface area contributed by atoms with E-state index < -0.39 is 11.1 Å². The second kappa shape index (κ2) is 15.5. The van der Waals surface area contributed by atoms with Crippen LogP contribution < -0.4 is 15.2 Å². The number of carbonyl (C=O) groups excluding carboxylic acids is 1. The maximum absolute atomic E-state index is 16.3. The Morgan fingerprint density at radius 2 is 1.64 bits per heavy atom. The van der Waals surface area contributed by atoms with Crippen LogP contribution in [0.3, 0.4) is 0 Å². The number of para-hydroxylation sites is 1. The van der Waals surface area contributed by atoms with E-state index >= 15 is 4.79 Å². The van der Waals surface area contributed by atoms with Crippen molar-refractivity contribution in [2.24, 2.45) is 0 Å². The minimum Gasteiger partial charge on any atom is -0.507 e. The largest absolute Gasteiger partial charge is 0.507 e. The second-order valence-electron chi connectivity index (χ2n) is 16.4. The van der Waals surface area contributed by atoms with Crippen LogP contribution in [0.15, 0.2) is 148 Å². The Balaban J connectivity index is 1.19. The lowest BCUT2D eigenvalue weighted by atomic mass is 9.80. The third-order valence-electron chi connectivity index (χ3n) is 12.6. The first-order chi connectivity index (χ1) is 34.3. The zero-order valence-corrected chi connectivity index (χ0v) is 39.6. The summed E-state index contributed by atoms with van der Waals surface area (Å²) in [6, 6.07) is 27.2. The van der Waals surface area contributed by atoms with Gasteiger partial charge in [0.05, 0.1) is 66.7 Å². The van der Waals surface area contributed by atoms with Gasteiger partial charge in [-0.2, -0.15) is 0 Å². The number of benzene rings is 4. The highest BCUT2D eigenvalue weighted by Gasteiger charge is 2.55. The van der Waals surface area contributed by atoms with Crippen molar-refractivity contribution in [3.8, 4) is 33.9 Å². The smallest absolute Gasteiger partial charge is 0.260 e. The molecular weight excluding hydrogens is 979 g/mol. The number of allylic oxidation sites excluding steroid dienone is 3. The van der Waals surface area contributed by atoms with Crippen LogP contribution in [0.25, 0.3) is 80.4 Å². The average molecular weight is 1010 g/mol. The summed E-state index contributed by atoms with van der Waals surface area (Å²) < 4.78 is 11.3. The number of aromatic amines is 1. The van der Waals surface area contributed by atoms with Crippen molar-refractivity contribution >= 4 is 133 Å². The van der Waals surface area contributed by atoms with Crippen LogP contribution in [0.4, 0.5) is 11.5 Å². The molecule has 0 fully saturated rings. The van der Waals surface area contributed by atoms with Crippen molar-refractivity contribution in [3.63, 3.8) is 0 Å². The van der Waals surface area contributed by atoms with E-state index in [1.807, 2.05) is 88.4 Å². The molecule has 335 valence electrons. The Morgan fingerprint density at radius 3 is 2.57 bits per heavy atom. The number of nitrogens with zero attached hydrogens (tertiary/aromatic N) is 9. The summed E-state index contributed by atoms with van der Waals surface area (Å²) in [7, 11) is 0. The number of carbonyl (C=O) groups is 1. The molecule has 4 aromatic carbocycles. The lowest BCUT2D eigenvalue weighted by Crippen LogP contribution is -2.53. The monoisotopic (exact) mass is 1000 g/mol. The van der Waals surface area contributed by atoms with E-state index in [4.69, 9.17) is 24.9 Å². The zero-order chi connectivity index (χ0) is 46.8. The summed E-state index contributed by atoms with van der Waals surface area (Å²) >= 11 is 6.55. The molecule has 15 nitrogen and oxygen atoms in total. The Bertz CT molecular complexity index is 4180. The van der Waals surface area contributed by atoms with Crippen LogP contribution in [0.5, 0.6) is 11.5 Å². The van der Waals surface area contributed by atoms with Gasteiger partial charge in [0.2, 0.25) is 5.12 Å². The molecule has 0 amide bonds. The maximum atomic E-state index is 16.3. The fraction of sp³-hybridized carbons (Fsp3) is 0.0200. The van der Waals surface area contributed by atoms with E-state index in [-0.39, 0.29) is 33.3 Å². The predicted molar refractivity (Wildman–Crippen MR) is 277 cm³/mol. The van der Waals surface area contributed by atoms with Gasteiger partial charge in [-0.3, -0.25) is 13.9 Å². The van der Waals surface area contributed by atoms with Crippen LogP contribution in [-0.2, 0) is 10.3 Å². The molecule has 3 aliphatic rings. The quantitative estimate of drug-likeness (QED) is 0.115. The van der Waals surface area contributed by atoms with Gasteiger partial charge in [-0.15, -0.1) is 27.8 Å². The van der Waals surface area contributed by atoms with Crippen molar-refractivity contribution in [1.82, 2.24) is 48.5 Å². The average Bonchev–Trinajstić information content (AvgIpc) is 4.23. The van der Waals surface area contributed by atoms with Crippen molar-refractivity contribution in [1.29, 1.82) is 0 Å². The van der Waals surface area contributed by atoms with Gasteiger partial charge in [0, 0.05) is 46.2 Å². The number of thioether (sulfide) groups is 1. The van der Waals surface area contributed by atoms with Gasteiger partial charge >= 0.3 is 0 Å². The first-order valence-electron chi connectivity index (χ1n) is 21.3. The summed E-state index contributed by atoms with van der Waals surface area (Å²) in [5, 5.41) is 28.3. The van der Waals surface area contributed by atoms with Crippen LogP contribution in [0.1, 0.15) is 16.7 Å². The Labute approximate surface area is 414 Å². The van der Waals surface area contributed by atoms with Crippen LogP contribution >= 0.6 is 58.1 Å². The molecule has 0 saturated heterocycles. The normalized spacial score (nSPS) is 16.6. The Kier molecular flexibility index (Phi) is 9.08. The number of hydrogen-bond donors (Lipinski definition) is 4. The molecule has 1 atom stereocenters. The molecule has 0 saturated carbocycles. The van der Waals surface area contributed by atoms with Crippen molar-refractivity contribution in [3.05, 3.63) is 172 Å². The number of aromatic hydroxyl groups is 2. The number of hydrogen-bond acceptors (Lipinski definition) is 19. The molecule has 3 aliphatic heterocycles. The number of nitrogens with one attached hydrogen (secondary N) is 2. The molecule has 20 heteroatoms. The van der Waals surface area contributed by atoms with Gasteiger partial charge in [0.15, 0.2) is 5.54 Å². The fourth-order valence-corrected chi connectivity index (χ4v) is 13.0. The lowest BCUT2D eigenvalue weighted by molar-refractivity contribution is -0.114. The van der Waals surface area contributed by atoms with E-state index in [1.54, 1.807) is 47.5 Å². The number of pyridine rings is 4. The summed E-state index contributed by atoms with van der Waals surface area (Å²) in [5.41, 5.74) is 9.03. The van der Waals surface area contributed by atoms with Crippen LogP contribution in [-0.4, -0.2) is 59.1 Å². The van der Waals surface area contributed by atoms with Gasteiger partial charge in [-0.1, -0.05) is 40.9 Å². The highest BCUT2D eigenvalue weighted by molar-refractivity contribution is 8.14. The van der Waals surface area contributed by atoms with Gasteiger partial charge in [0.25, 0.3) is 5.56 Å². The number of thiazole rings is 2. The minimum absolute atomic E-state index is 0.110. The van der Waals surface area contributed by atoms with Crippen LogP contribution in [0.2, 0.25) is 0 Å². The van der Waals surface area contributed by atoms with Gasteiger partial charge < -0.3 is 24.8 Å². The lowest BCUT2D eigenvalue weighted by Gasteiger charge is -2.48. The van der Waals surface area contributed by atoms with E-state index in [1.165, 1.54) is 52.4 Å².